The first-order valence-corrected chi connectivity index (χ1v) is 8.53. The Hall–Kier alpha value is -3.09. The second kappa shape index (κ2) is 8.53. The van der Waals surface area contributed by atoms with Gasteiger partial charge in [0.25, 0.3) is 6.43 Å². The van der Waals surface area contributed by atoms with Crippen LogP contribution in [0.4, 0.5) is 14.6 Å². The van der Waals surface area contributed by atoms with Crippen LogP contribution in [0.2, 0.25) is 0 Å². The SMILES string of the molecule is Cc1nc(-c2ccccn2)nc(NCc2cccc(OCC(F)F)c2)c1C. The number of nitrogens with one attached hydrogen (secondary N) is 1. The van der Waals surface area contributed by atoms with E-state index >= 15 is 0 Å². The molecular formula is C20H20F2N4O. The minimum atomic E-state index is -2.50. The van der Waals surface area contributed by atoms with E-state index in [0.29, 0.717) is 29.6 Å². The number of pyridine rings is 1. The molecule has 0 spiro atoms. The number of hydrogen-bond acceptors (Lipinski definition) is 5. The zero-order chi connectivity index (χ0) is 19.2. The van der Waals surface area contributed by atoms with Gasteiger partial charge in [0.15, 0.2) is 5.82 Å². The molecule has 2 heterocycles. The summed E-state index contributed by atoms with van der Waals surface area (Å²) in [7, 11) is 0. The van der Waals surface area contributed by atoms with Gasteiger partial charge in [-0.05, 0) is 43.7 Å². The van der Waals surface area contributed by atoms with Crippen LogP contribution in [-0.4, -0.2) is 28.0 Å². The van der Waals surface area contributed by atoms with Crippen LogP contribution in [0.5, 0.6) is 5.75 Å². The number of nitrogens with zero attached hydrogens (tertiary/aromatic N) is 3. The van der Waals surface area contributed by atoms with Crippen molar-refractivity contribution in [3.05, 3.63) is 65.5 Å². The Morgan fingerprint density at radius 2 is 1.93 bits per heavy atom. The quantitative estimate of drug-likeness (QED) is 0.667. The number of rotatable bonds is 7. The summed E-state index contributed by atoms with van der Waals surface area (Å²) >= 11 is 0. The molecule has 0 fully saturated rings. The van der Waals surface area contributed by atoms with Crippen LogP contribution < -0.4 is 10.1 Å². The molecule has 0 unspecified atom stereocenters. The Morgan fingerprint density at radius 3 is 2.67 bits per heavy atom. The fraction of sp³-hybridized carbons (Fsp3) is 0.250. The summed E-state index contributed by atoms with van der Waals surface area (Å²) < 4.78 is 29.7. The summed E-state index contributed by atoms with van der Waals surface area (Å²) in [5.41, 5.74) is 3.41. The van der Waals surface area contributed by atoms with Gasteiger partial charge in [-0.15, -0.1) is 0 Å². The predicted molar refractivity (Wildman–Crippen MR) is 100 cm³/mol. The lowest BCUT2D eigenvalue weighted by Crippen LogP contribution is -2.09. The van der Waals surface area contributed by atoms with E-state index in [2.05, 4.69) is 20.3 Å². The van der Waals surface area contributed by atoms with Gasteiger partial charge in [0.2, 0.25) is 0 Å². The first-order valence-electron chi connectivity index (χ1n) is 8.53. The molecule has 0 atom stereocenters. The van der Waals surface area contributed by atoms with Crippen molar-refractivity contribution < 1.29 is 13.5 Å². The molecule has 3 aromatic rings. The first-order chi connectivity index (χ1) is 13.0. The van der Waals surface area contributed by atoms with Crippen LogP contribution in [-0.2, 0) is 6.54 Å². The van der Waals surface area contributed by atoms with Gasteiger partial charge in [-0.25, -0.2) is 18.7 Å². The molecule has 0 amide bonds. The van der Waals surface area contributed by atoms with E-state index in [0.717, 1.165) is 16.8 Å². The molecule has 2 aromatic heterocycles. The van der Waals surface area contributed by atoms with E-state index in [4.69, 9.17) is 4.74 Å². The Kier molecular flexibility index (Phi) is 5.90. The smallest absolute Gasteiger partial charge is 0.272 e. The lowest BCUT2D eigenvalue weighted by atomic mass is 10.2. The number of ether oxygens (including phenoxy) is 1. The Morgan fingerprint density at radius 1 is 1.07 bits per heavy atom. The lowest BCUT2D eigenvalue weighted by molar-refractivity contribution is 0.0818. The molecule has 0 bridgehead atoms. The fourth-order valence-electron chi connectivity index (χ4n) is 2.50. The van der Waals surface area contributed by atoms with Crippen molar-refractivity contribution in [1.82, 2.24) is 15.0 Å². The number of aryl methyl sites for hydroxylation is 1. The average Bonchev–Trinajstić information content (AvgIpc) is 2.68. The van der Waals surface area contributed by atoms with Gasteiger partial charge < -0.3 is 10.1 Å². The predicted octanol–water partition coefficient (Wildman–Crippen LogP) is 4.41. The van der Waals surface area contributed by atoms with E-state index in [1.165, 1.54) is 0 Å². The fourth-order valence-corrected chi connectivity index (χ4v) is 2.50. The third-order valence-corrected chi connectivity index (χ3v) is 4.02. The highest BCUT2D eigenvalue weighted by Gasteiger charge is 2.11. The van der Waals surface area contributed by atoms with Gasteiger partial charge in [0, 0.05) is 24.0 Å². The maximum absolute atomic E-state index is 12.3. The molecule has 0 saturated carbocycles. The van der Waals surface area contributed by atoms with Crippen LogP contribution >= 0.6 is 0 Å². The number of alkyl halides is 2. The van der Waals surface area contributed by atoms with Crippen molar-refractivity contribution in [2.45, 2.75) is 26.8 Å². The normalized spacial score (nSPS) is 10.9. The summed E-state index contributed by atoms with van der Waals surface area (Å²) in [6.07, 6.45) is -0.797. The molecule has 1 aromatic carbocycles. The van der Waals surface area contributed by atoms with Crippen molar-refractivity contribution in [1.29, 1.82) is 0 Å². The van der Waals surface area contributed by atoms with E-state index in [9.17, 15) is 8.78 Å². The van der Waals surface area contributed by atoms with E-state index in [1.54, 1.807) is 24.4 Å². The molecular weight excluding hydrogens is 350 g/mol. The highest BCUT2D eigenvalue weighted by atomic mass is 19.3. The molecule has 140 valence electrons. The summed E-state index contributed by atoms with van der Waals surface area (Å²) in [6, 6.07) is 12.6. The second-order valence-corrected chi connectivity index (χ2v) is 6.02. The number of aromatic nitrogens is 3. The third-order valence-electron chi connectivity index (χ3n) is 4.02. The van der Waals surface area contributed by atoms with Crippen molar-refractivity contribution >= 4 is 5.82 Å². The van der Waals surface area contributed by atoms with Gasteiger partial charge in [-0.1, -0.05) is 18.2 Å². The average molecular weight is 370 g/mol. The van der Waals surface area contributed by atoms with Crippen LogP contribution in [0.3, 0.4) is 0 Å². The number of benzene rings is 1. The van der Waals surface area contributed by atoms with Crippen LogP contribution in [0, 0.1) is 13.8 Å². The largest absolute Gasteiger partial charge is 0.488 e. The van der Waals surface area contributed by atoms with Crippen LogP contribution in [0.1, 0.15) is 16.8 Å². The summed E-state index contributed by atoms with van der Waals surface area (Å²) in [6.45, 7) is 3.73. The van der Waals surface area contributed by atoms with E-state index in [1.807, 2.05) is 38.1 Å². The van der Waals surface area contributed by atoms with Gasteiger partial charge in [0.05, 0.1) is 0 Å². The molecule has 1 N–H and O–H groups in total. The molecule has 0 aliphatic rings. The van der Waals surface area contributed by atoms with Crippen molar-refractivity contribution in [3.63, 3.8) is 0 Å². The van der Waals surface area contributed by atoms with Crippen molar-refractivity contribution in [3.8, 4) is 17.3 Å². The first kappa shape index (κ1) is 18.7. The second-order valence-electron chi connectivity index (χ2n) is 6.02. The van der Waals surface area contributed by atoms with Gasteiger partial charge in [-0.2, -0.15) is 0 Å². The minimum absolute atomic E-state index is 0.416. The molecule has 0 aliphatic heterocycles. The Balaban J connectivity index is 1.76. The van der Waals surface area contributed by atoms with Crippen molar-refractivity contribution in [2.24, 2.45) is 0 Å². The van der Waals surface area contributed by atoms with E-state index in [-0.39, 0.29) is 0 Å². The maximum atomic E-state index is 12.3. The Bertz CT molecular complexity index is 904. The molecule has 5 nitrogen and oxygen atoms in total. The third kappa shape index (κ3) is 4.97. The minimum Gasteiger partial charge on any atom is -0.488 e. The van der Waals surface area contributed by atoms with Crippen molar-refractivity contribution in [2.75, 3.05) is 11.9 Å². The van der Waals surface area contributed by atoms with Gasteiger partial charge >= 0.3 is 0 Å². The zero-order valence-corrected chi connectivity index (χ0v) is 15.1. The zero-order valence-electron chi connectivity index (χ0n) is 15.1. The molecule has 0 aliphatic carbocycles. The molecule has 0 saturated heterocycles. The van der Waals surface area contributed by atoms with Gasteiger partial charge in [0.1, 0.15) is 23.9 Å². The highest BCUT2D eigenvalue weighted by Crippen LogP contribution is 2.21. The maximum Gasteiger partial charge on any atom is 0.272 e. The summed E-state index contributed by atoms with van der Waals surface area (Å²) in [5.74, 6) is 1.68. The number of anilines is 1. The van der Waals surface area contributed by atoms with E-state index < -0.39 is 13.0 Å². The number of halogens is 2. The molecule has 27 heavy (non-hydrogen) atoms. The molecule has 3 rings (SSSR count). The number of hydrogen-bond donors (Lipinski definition) is 1. The monoisotopic (exact) mass is 370 g/mol. The van der Waals surface area contributed by atoms with Crippen LogP contribution in [0.25, 0.3) is 11.5 Å². The van der Waals surface area contributed by atoms with Crippen LogP contribution in [0.15, 0.2) is 48.7 Å². The summed E-state index contributed by atoms with van der Waals surface area (Å²) in [5, 5.41) is 3.29. The molecule has 0 radical (unpaired) electrons. The van der Waals surface area contributed by atoms with Gasteiger partial charge in [-0.3, -0.25) is 4.98 Å². The summed E-state index contributed by atoms with van der Waals surface area (Å²) in [4.78, 5) is 13.4. The Labute approximate surface area is 156 Å². The standard InChI is InChI=1S/C20H20F2N4O/c1-13-14(2)25-20(17-8-3-4-9-23-17)26-19(13)24-11-15-6-5-7-16(10-15)27-12-18(21)22/h3-10,18H,11-12H2,1-2H3,(H,24,25,26). The molecule has 7 heteroatoms. The highest BCUT2D eigenvalue weighted by molar-refractivity contribution is 5.56. The topological polar surface area (TPSA) is 59.9 Å². The lowest BCUT2D eigenvalue weighted by Gasteiger charge is -2.13.